The summed E-state index contributed by atoms with van der Waals surface area (Å²) in [6.45, 7) is 4.03. The molecule has 1 amide bonds. The average Bonchev–Trinajstić information content (AvgIpc) is 3.29. The molecule has 2 aromatic carbocycles. The molecule has 1 saturated heterocycles. The number of hydrogen-bond acceptors (Lipinski definition) is 3. The molecule has 0 unspecified atom stereocenters. The number of hydrogen-bond donors (Lipinski definition) is 1. The highest BCUT2D eigenvalue weighted by Crippen LogP contribution is 2.49. The van der Waals surface area contributed by atoms with Gasteiger partial charge in [-0.3, -0.25) is 4.79 Å². The Kier molecular flexibility index (Phi) is 6.32. The van der Waals surface area contributed by atoms with Gasteiger partial charge in [-0.25, -0.2) is 0 Å². The number of carbonyl (C=O) groups is 1. The summed E-state index contributed by atoms with van der Waals surface area (Å²) >= 11 is 0. The van der Waals surface area contributed by atoms with Crippen molar-refractivity contribution in [2.45, 2.75) is 89.2 Å². The van der Waals surface area contributed by atoms with E-state index in [0.29, 0.717) is 18.8 Å². The molecule has 1 N–H and O–H groups in total. The van der Waals surface area contributed by atoms with Crippen LogP contribution in [0.5, 0.6) is 0 Å². The zero-order valence-electron chi connectivity index (χ0n) is 20.0. The molecular formula is C29H37NO3. The van der Waals surface area contributed by atoms with Crippen LogP contribution in [0.1, 0.15) is 75.1 Å². The molecular weight excluding hydrogens is 410 g/mol. The molecule has 4 heteroatoms. The van der Waals surface area contributed by atoms with Crippen molar-refractivity contribution >= 4 is 5.91 Å². The van der Waals surface area contributed by atoms with Gasteiger partial charge < -0.3 is 14.7 Å². The molecule has 0 spiro atoms. The van der Waals surface area contributed by atoms with Gasteiger partial charge in [0.25, 0.3) is 0 Å². The molecule has 4 atom stereocenters. The quantitative estimate of drug-likeness (QED) is 0.642. The summed E-state index contributed by atoms with van der Waals surface area (Å²) in [5, 5.41) is 11.2. The first-order valence-corrected chi connectivity index (χ1v) is 12.7. The summed E-state index contributed by atoms with van der Waals surface area (Å²) in [6, 6.07) is 18.6. The van der Waals surface area contributed by atoms with E-state index in [1.54, 1.807) is 0 Å². The molecule has 2 aromatic rings. The number of carbonyl (C=O) groups excluding carboxylic acids is 1. The lowest BCUT2D eigenvalue weighted by Gasteiger charge is -2.37. The van der Waals surface area contributed by atoms with Crippen LogP contribution in [-0.4, -0.2) is 33.8 Å². The zero-order valence-corrected chi connectivity index (χ0v) is 20.0. The first kappa shape index (κ1) is 22.6. The third kappa shape index (κ3) is 4.48. The predicted octanol–water partition coefficient (Wildman–Crippen LogP) is 5.44. The molecule has 1 aliphatic heterocycles. The smallest absolute Gasteiger partial charge is 0.228 e. The highest BCUT2D eigenvalue weighted by molar-refractivity contribution is 5.81. The number of ether oxygens (including phenoxy) is 1. The number of rotatable bonds is 6. The minimum Gasteiger partial charge on any atom is -0.393 e. The van der Waals surface area contributed by atoms with Crippen LogP contribution >= 0.6 is 0 Å². The van der Waals surface area contributed by atoms with Crippen LogP contribution in [-0.2, 0) is 22.4 Å². The lowest BCUT2D eigenvalue weighted by molar-refractivity contribution is -0.153. The summed E-state index contributed by atoms with van der Waals surface area (Å²) in [6.07, 6.45) is 7.37. The van der Waals surface area contributed by atoms with Crippen molar-refractivity contribution in [2.75, 3.05) is 0 Å². The number of amides is 1. The number of benzene rings is 2. The number of aliphatic hydroxyl groups is 1. The first-order valence-electron chi connectivity index (χ1n) is 12.7. The molecule has 1 heterocycles. The van der Waals surface area contributed by atoms with Gasteiger partial charge in [-0.2, -0.15) is 0 Å². The second-order valence-corrected chi connectivity index (χ2v) is 10.7. The number of aliphatic hydroxyl groups excluding tert-OH is 1. The zero-order chi connectivity index (χ0) is 23.0. The first-order chi connectivity index (χ1) is 15.9. The summed E-state index contributed by atoms with van der Waals surface area (Å²) in [5.74, 6) is 0.161. The topological polar surface area (TPSA) is 49.8 Å². The Morgan fingerprint density at radius 3 is 2.52 bits per heavy atom. The lowest BCUT2D eigenvalue weighted by atomic mass is 9.80. The molecule has 3 aliphatic rings. The molecule has 1 saturated carbocycles. The van der Waals surface area contributed by atoms with E-state index in [1.165, 1.54) is 30.4 Å². The molecule has 2 fully saturated rings. The molecule has 176 valence electrons. The maximum absolute atomic E-state index is 14.3. The van der Waals surface area contributed by atoms with Crippen LogP contribution in [0.25, 0.3) is 0 Å². The van der Waals surface area contributed by atoms with Gasteiger partial charge in [0.1, 0.15) is 5.72 Å². The molecule has 0 aromatic heterocycles. The fourth-order valence-electron chi connectivity index (χ4n) is 6.48. The van der Waals surface area contributed by atoms with Gasteiger partial charge in [-0.1, -0.05) is 73.9 Å². The highest BCUT2D eigenvalue weighted by atomic mass is 16.5. The van der Waals surface area contributed by atoms with Gasteiger partial charge >= 0.3 is 0 Å². The summed E-state index contributed by atoms with van der Waals surface area (Å²) in [4.78, 5) is 16.3. The van der Waals surface area contributed by atoms with E-state index in [1.807, 2.05) is 36.9 Å². The Hall–Kier alpha value is -2.17. The van der Waals surface area contributed by atoms with Crippen molar-refractivity contribution in [1.82, 2.24) is 4.90 Å². The Balaban J connectivity index is 1.43. The Labute approximate surface area is 198 Å². The predicted molar refractivity (Wildman–Crippen MR) is 130 cm³/mol. The largest absolute Gasteiger partial charge is 0.393 e. The SMILES string of the molecule is CC1(C)O[C@@H]2Cc3ccccc3[C@@H]2N1C(=O)[C@@H](Cc1ccccc1)C[C@@H](O)C1CCCCC1. The van der Waals surface area contributed by atoms with Gasteiger partial charge in [-0.05, 0) is 62.1 Å². The molecule has 33 heavy (non-hydrogen) atoms. The van der Waals surface area contributed by atoms with Crippen molar-refractivity contribution in [3.05, 3.63) is 71.3 Å². The van der Waals surface area contributed by atoms with Crippen LogP contribution < -0.4 is 0 Å². The fraction of sp³-hybridized carbons (Fsp3) is 0.552. The van der Waals surface area contributed by atoms with Gasteiger partial charge in [0.2, 0.25) is 5.91 Å². The van der Waals surface area contributed by atoms with Crippen LogP contribution in [0, 0.1) is 11.8 Å². The fourth-order valence-corrected chi connectivity index (χ4v) is 6.48. The minimum atomic E-state index is -0.662. The Bertz CT molecular complexity index is 966. The molecule has 4 nitrogen and oxygen atoms in total. The van der Waals surface area contributed by atoms with E-state index >= 15 is 0 Å². The van der Waals surface area contributed by atoms with E-state index in [0.717, 1.165) is 24.8 Å². The maximum atomic E-state index is 14.3. The van der Waals surface area contributed by atoms with Crippen LogP contribution in [0.15, 0.2) is 54.6 Å². The van der Waals surface area contributed by atoms with E-state index in [2.05, 4.69) is 36.4 Å². The monoisotopic (exact) mass is 447 g/mol. The van der Waals surface area contributed by atoms with Gasteiger partial charge in [0.05, 0.1) is 18.2 Å². The normalized spacial score (nSPS) is 26.0. The second-order valence-electron chi connectivity index (χ2n) is 10.7. The Morgan fingerprint density at radius 1 is 1.06 bits per heavy atom. The van der Waals surface area contributed by atoms with Crippen molar-refractivity contribution in [3.8, 4) is 0 Å². The third-order valence-corrected chi connectivity index (χ3v) is 8.08. The number of fused-ring (bicyclic) bond motifs is 3. The van der Waals surface area contributed by atoms with Crippen molar-refractivity contribution in [2.24, 2.45) is 11.8 Å². The van der Waals surface area contributed by atoms with E-state index in [4.69, 9.17) is 4.74 Å². The van der Waals surface area contributed by atoms with Crippen molar-refractivity contribution in [1.29, 1.82) is 0 Å². The average molecular weight is 448 g/mol. The summed E-state index contributed by atoms with van der Waals surface area (Å²) < 4.78 is 6.45. The maximum Gasteiger partial charge on any atom is 0.228 e. The number of nitrogens with zero attached hydrogens (tertiary/aromatic N) is 1. The summed E-state index contributed by atoms with van der Waals surface area (Å²) in [5.41, 5.74) is 2.98. The standard InChI is InChI=1S/C29H37NO3/c1-29(2)30(27-24-16-10-9-15-22(24)19-26(27)33-29)28(32)23(17-20-11-5-3-6-12-20)18-25(31)21-13-7-4-8-14-21/h3,5-6,9-12,15-16,21,23,25-27,31H,4,7-8,13-14,17-19H2,1-2H3/t23-,25+,26+,27-/m0/s1. The Morgan fingerprint density at radius 2 is 1.76 bits per heavy atom. The van der Waals surface area contributed by atoms with Gasteiger partial charge in [0.15, 0.2) is 0 Å². The van der Waals surface area contributed by atoms with Gasteiger partial charge in [-0.15, -0.1) is 0 Å². The van der Waals surface area contributed by atoms with E-state index in [-0.39, 0.29) is 24.0 Å². The van der Waals surface area contributed by atoms with Crippen molar-refractivity contribution < 1.29 is 14.6 Å². The highest BCUT2D eigenvalue weighted by Gasteiger charge is 2.54. The van der Waals surface area contributed by atoms with Crippen LogP contribution in [0.2, 0.25) is 0 Å². The van der Waals surface area contributed by atoms with Gasteiger partial charge in [0, 0.05) is 12.3 Å². The second kappa shape index (κ2) is 9.23. The molecule has 2 aliphatic carbocycles. The molecule has 0 radical (unpaired) electrons. The van der Waals surface area contributed by atoms with Crippen molar-refractivity contribution in [3.63, 3.8) is 0 Å². The summed E-state index contributed by atoms with van der Waals surface area (Å²) in [7, 11) is 0. The lowest BCUT2D eigenvalue weighted by Crippen LogP contribution is -2.48. The van der Waals surface area contributed by atoms with E-state index in [9.17, 15) is 9.90 Å². The molecule has 0 bridgehead atoms. The minimum absolute atomic E-state index is 0.00185. The van der Waals surface area contributed by atoms with E-state index < -0.39 is 11.8 Å². The van der Waals surface area contributed by atoms with Crippen LogP contribution in [0.3, 0.4) is 0 Å². The third-order valence-electron chi connectivity index (χ3n) is 8.08. The van der Waals surface area contributed by atoms with Crippen LogP contribution in [0.4, 0.5) is 0 Å². The molecule has 5 rings (SSSR count).